The lowest BCUT2D eigenvalue weighted by atomic mass is 10.0. The highest BCUT2D eigenvalue weighted by Gasteiger charge is 2.33. The van der Waals surface area contributed by atoms with Gasteiger partial charge in [-0.1, -0.05) is 18.2 Å². The van der Waals surface area contributed by atoms with Crippen LogP contribution in [0.25, 0.3) is 5.69 Å². The molecule has 0 aliphatic carbocycles. The number of ketones is 1. The number of piperidine rings is 1. The van der Waals surface area contributed by atoms with E-state index in [-0.39, 0.29) is 0 Å². The maximum absolute atomic E-state index is 13.1. The molecule has 1 amide bonds. The molecule has 2 aliphatic heterocycles. The number of aromatic nitrogens is 2. The predicted molar refractivity (Wildman–Crippen MR) is 116 cm³/mol. The Balaban J connectivity index is 1.44. The Labute approximate surface area is 178 Å². The van der Waals surface area contributed by atoms with E-state index in [2.05, 4.69) is 21.9 Å². The van der Waals surface area contributed by atoms with Gasteiger partial charge in [0.25, 0.3) is 11.7 Å². The molecule has 30 heavy (non-hydrogen) atoms. The second kappa shape index (κ2) is 8.70. The standard InChI is InChI=1S/C23H31N5O2/c1-17-21(18(2)28(24-17)19-8-5-4-6-9-19)22(29)23(30)27-14-12-26(13-15-27)20-10-7-11-25(3)16-20/h4-6,8-9,20H,7,10-16H2,1-3H3. The molecule has 1 atom stereocenters. The van der Waals surface area contributed by atoms with Crippen molar-refractivity contribution in [3.05, 3.63) is 47.3 Å². The lowest BCUT2D eigenvalue weighted by Crippen LogP contribution is -2.56. The lowest BCUT2D eigenvalue weighted by Gasteiger charge is -2.42. The van der Waals surface area contributed by atoms with Crippen LogP contribution in [-0.4, -0.2) is 88.5 Å². The van der Waals surface area contributed by atoms with Gasteiger partial charge in [0, 0.05) is 38.8 Å². The highest BCUT2D eigenvalue weighted by molar-refractivity contribution is 6.43. The SMILES string of the molecule is Cc1nn(-c2ccccc2)c(C)c1C(=O)C(=O)N1CCN(C2CCCN(C)C2)CC1. The maximum atomic E-state index is 13.1. The van der Waals surface area contributed by atoms with Gasteiger partial charge in [0.2, 0.25) is 0 Å². The average molecular weight is 410 g/mol. The number of likely N-dealkylation sites (N-methyl/N-ethyl adjacent to an activating group) is 1. The van der Waals surface area contributed by atoms with Gasteiger partial charge in [0.1, 0.15) is 0 Å². The van der Waals surface area contributed by atoms with Crippen molar-refractivity contribution in [3.63, 3.8) is 0 Å². The van der Waals surface area contributed by atoms with Crippen LogP contribution in [0.5, 0.6) is 0 Å². The van der Waals surface area contributed by atoms with E-state index in [0.717, 1.165) is 25.3 Å². The van der Waals surface area contributed by atoms with Crippen molar-refractivity contribution in [3.8, 4) is 5.69 Å². The van der Waals surface area contributed by atoms with Gasteiger partial charge in [-0.2, -0.15) is 5.10 Å². The summed E-state index contributed by atoms with van der Waals surface area (Å²) >= 11 is 0. The molecule has 1 aromatic heterocycles. The molecule has 2 saturated heterocycles. The molecule has 0 bridgehead atoms. The third kappa shape index (κ3) is 4.04. The molecule has 0 spiro atoms. The van der Waals surface area contributed by atoms with E-state index in [1.54, 1.807) is 16.5 Å². The fourth-order valence-electron chi connectivity index (χ4n) is 4.77. The molecule has 0 radical (unpaired) electrons. The minimum absolute atomic E-state index is 0.408. The van der Waals surface area contributed by atoms with Gasteiger partial charge < -0.3 is 9.80 Å². The number of para-hydroxylation sites is 1. The molecule has 7 heteroatoms. The monoisotopic (exact) mass is 409 g/mol. The van der Waals surface area contributed by atoms with Gasteiger partial charge >= 0.3 is 0 Å². The van der Waals surface area contributed by atoms with Gasteiger partial charge in [0.05, 0.1) is 22.6 Å². The minimum atomic E-state index is -0.446. The zero-order valence-corrected chi connectivity index (χ0v) is 18.2. The Hall–Kier alpha value is -2.51. The molecule has 1 aromatic carbocycles. The van der Waals surface area contributed by atoms with Crippen LogP contribution in [0.2, 0.25) is 0 Å². The second-order valence-corrected chi connectivity index (χ2v) is 8.51. The molecule has 2 aliphatic rings. The fourth-order valence-corrected chi connectivity index (χ4v) is 4.77. The molecular weight excluding hydrogens is 378 g/mol. The summed E-state index contributed by atoms with van der Waals surface area (Å²) in [7, 11) is 2.17. The van der Waals surface area contributed by atoms with Crippen molar-refractivity contribution >= 4 is 11.7 Å². The molecular formula is C23H31N5O2. The van der Waals surface area contributed by atoms with Crippen LogP contribution in [0.1, 0.15) is 34.6 Å². The number of carbonyl (C=O) groups excluding carboxylic acids is 2. The number of nitrogens with zero attached hydrogens (tertiary/aromatic N) is 5. The van der Waals surface area contributed by atoms with E-state index in [9.17, 15) is 9.59 Å². The Kier molecular flexibility index (Phi) is 6.01. The van der Waals surface area contributed by atoms with Crippen LogP contribution in [0, 0.1) is 13.8 Å². The van der Waals surface area contributed by atoms with Crippen LogP contribution in [0.3, 0.4) is 0 Å². The first-order valence-corrected chi connectivity index (χ1v) is 10.8. The first-order chi connectivity index (χ1) is 14.5. The number of aryl methyl sites for hydroxylation is 1. The Bertz CT molecular complexity index is 915. The topological polar surface area (TPSA) is 61.7 Å². The van der Waals surface area contributed by atoms with E-state index < -0.39 is 11.7 Å². The summed E-state index contributed by atoms with van der Waals surface area (Å²) in [4.78, 5) is 32.7. The van der Waals surface area contributed by atoms with Crippen molar-refractivity contribution < 1.29 is 9.59 Å². The molecule has 7 nitrogen and oxygen atoms in total. The van der Waals surface area contributed by atoms with Crippen LogP contribution < -0.4 is 0 Å². The second-order valence-electron chi connectivity index (χ2n) is 8.51. The van der Waals surface area contributed by atoms with Crippen LogP contribution in [0.15, 0.2) is 30.3 Å². The van der Waals surface area contributed by atoms with Gasteiger partial charge in [-0.05, 0) is 52.4 Å². The number of rotatable bonds is 4. The lowest BCUT2D eigenvalue weighted by molar-refractivity contribution is -0.128. The first-order valence-electron chi connectivity index (χ1n) is 10.8. The number of piperazine rings is 1. The minimum Gasteiger partial charge on any atom is -0.333 e. The van der Waals surface area contributed by atoms with Crippen LogP contribution >= 0.6 is 0 Å². The van der Waals surface area contributed by atoms with E-state index in [0.29, 0.717) is 36.1 Å². The van der Waals surface area contributed by atoms with E-state index in [4.69, 9.17) is 0 Å². The summed E-state index contributed by atoms with van der Waals surface area (Å²) in [5.74, 6) is -0.854. The third-order valence-electron chi connectivity index (χ3n) is 6.43. The predicted octanol–water partition coefficient (Wildman–Crippen LogP) is 1.91. The molecule has 1 unspecified atom stereocenters. The molecule has 4 rings (SSSR count). The Morgan fingerprint density at radius 1 is 1.00 bits per heavy atom. The van der Waals surface area contributed by atoms with Crippen molar-refractivity contribution in [2.45, 2.75) is 32.7 Å². The van der Waals surface area contributed by atoms with Crippen molar-refractivity contribution in [2.24, 2.45) is 0 Å². The summed E-state index contributed by atoms with van der Waals surface area (Å²) in [5.41, 5.74) is 2.62. The van der Waals surface area contributed by atoms with E-state index in [1.165, 1.54) is 19.4 Å². The van der Waals surface area contributed by atoms with E-state index >= 15 is 0 Å². The number of hydrogen-bond donors (Lipinski definition) is 0. The first kappa shape index (κ1) is 20.8. The molecule has 2 fully saturated rings. The molecule has 160 valence electrons. The molecule has 3 heterocycles. The highest BCUT2D eigenvalue weighted by atomic mass is 16.2. The average Bonchev–Trinajstić information content (AvgIpc) is 3.07. The maximum Gasteiger partial charge on any atom is 0.295 e. The largest absolute Gasteiger partial charge is 0.333 e. The number of amides is 1. The molecule has 0 N–H and O–H groups in total. The number of likely N-dealkylation sites (tertiary alicyclic amines) is 1. The van der Waals surface area contributed by atoms with Crippen molar-refractivity contribution in [1.29, 1.82) is 0 Å². The Morgan fingerprint density at radius 2 is 1.70 bits per heavy atom. The zero-order valence-electron chi connectivity index (χ0n) is 18.2. The quantitative estimate of drug-likeness (QED) is 0.570. The van der Waals surface area contributed by atoms with Crippen molar-refractivity contribution in [1.82, 2.24) is 24.5 Å². The van der Waals surface area contributed by atoms with Gasteiger partial charge in [-0.25, -0.2) is 4.68 Å². The molecule has 0 saturated carbocycles. The zero-order chi connectivity index (χ0) is 21.3. The third-order valence-corrected chi connectivity index (χ3v) is 6.43. The number of carbonyl (C=O) groups is 2. The number of benzene rings is 1. The fraction of sp³-hybridized carbons (Fsp3) is 0.522. The van der Waals surface area contributed by atoms with Crippen molar-refractivity contribution in [2.75, 3.05) is 46.3 Å². The number of Topliss-reactive ketones (excluding diaryl/α,β-unsaturated/α-hetero) is 1. The summed E-state index contributed by atoms with van der Waals surface area (Å²) in [5, 5.41) is 4.52. The summed E-state index contributed by atoms with van der Waals surface area (Å²) < 4.78 is 1.74. The normalized spacial score (nSPS) is 21.0. The van der Waals surface area contributed by atoms with Gasteiger partial charge in [-0.3, -0.25) is 14.5 Å². The highest BCUT2D eigenvalue weighted by Crippen LogP contribution is 2.21. The molecule has 2 aromatic rings. The van der Waals surface area contributed by atoms with E-state index in [1.807, 2.05) is 37.3 Å². The summed E-state index contributed by atoms with van der Waals surface area (Å²) in [6, 6.07) is 10.2. The smallest absolute Gasteiger partial charge is 0.295 e. The summed E-state index contributed by atoms with van der Waals surface area (Å²) in [6.45, 7) is 8.78. The summed E-state index contributed by atoms with van der Waals surface area (Å²) in [6.07, 6.45) is 2.44. The van der Waals surface area contributed by atoms with Gasteiger partial charge in [0.15, 0.2) is 0 Å². The van der Waals surface area contributed by atoms with Crippen LogP contribution in [-0.2, 0) is 4.79 Å². The number of hydrogen-bond acceptors (Lipinski definition) is 5. The van der Waals surface area contributed by atoms with Crippen LogP contribution in [0.4, 0.5) is 0 Å². The Morgan fingerprint density at radius 3 is 2.37 bits per heavy atom. The van der Waals surface area contributed by atoms with Gasteiger partial charge in [-0.15, -0.1) is 0 Å².